The fourth-order valence-corrected chi connectivity index (χ4v) is 2.43. The van der Waals surface area contributed by atoms with E-state index >= 15 is 0 Å². The average Bonchev–Trinajstić information content (AvgIpc) is 2.91. The molecule has 0 saturated carbocycles. The van der Waals surface area contributed by atoms with E-state index in [1.54, 1.807) is 62.8 Å². The minimum Gasteiger partial charge on any atom is -0.497 e. The van der Waals surface area contributed by atoms with Crippen LogP contribution in [0, 0.1) is 0 Å². The standard InChI is InChI=1S/C17H16N2O4/c1-22-13-7-3-11(4-8-13)15-16(20)17(21)19(18-15)12-5-9-14(23-2)10-6-12/h3-10,15,18H,1-2H3. The van der Waals surface area contributed by atoms with E-state index in [0.29, 0.717) is 22.7 Å². The second kappa shape index (κ2) is 6.10. The predicted octanol–water partition coefficient (Wildman–Crippen LogP) is 1.87. The number of nitrogens with one attached hydrogen (secondary N) is 1. The zero-order valence-electron chi connectivity index (χ0n) is 12.8. The Bertz CT molecular complexity index is 662. The van der Waals surface area contributed by atoms with E-state index < -0.39 is 17.7 Å². The van der Waals surface area contributed by atoms with E-state index in [0.717, 1.165) is 0 Å². The molecule has 0 bridgehead atoms. The van der Waals surface area contributed by atoms with Crippen molar-refractivity contribution in [3.63, 3.8) is 0 Å². The first kappa shape index (κ1) is 15.1. The van der Waals surface area contributed by atoms with Crippen LogP contribution in [0.5, 0.6) is 11.5 Å². The molecule has 1 aliphatic rings. The Morgan fingerprint density at radius 3 is 1.91 bits per heavy atom. The number of Topliss-reactive ketones (excluding diaryl/α,β-unsaturated/α-hetero) is 1. The van der Waals surface area contributed by atoms with Crippen LogP contribution in [0.15, 0.2) is 48.5 Å². The maximum Gasteiger partial charge on any atom is 0.310 e. The third-order valence-corrected chi connectivity index (χ3v) is 3.71. The number of carbonyl (C=O) groups excluding carboxylic acids is 2. The first-order valence-electron chi connectivity index (χ1n) is 7.06. The van der Waals surface area contributed by atoms with E-state index in [4.69, 9.17) is 9.47 Å². The Kier molecular flexibility index (Phi) is 3.99. The second-order valence-corrected chi connectivity index (χ2v) is 5.04. The first-order valence-corrected chi connectivity index (χ1v) is 7.06. The zero-order chi connectivity index (χ0) is 16.4. The van der Waals surface area contributed by atoms with Gasteiger partial charge >= 0.3 is 5.91 Å². The normalized spacial score (nSPS) is 17.5. The number of ether oxygens (including phenoxy) is 2. The molecule has 1 fully saturated rings. The number of hydrogen-bond donors (Lipinski definition) is 1. The summed E-state index contributed by atoms with van der Waals surface area (Å²) >= 11 is 0. The van der Waals surface area contributed by atoms with Gasteiger partial charge in [0.25, 0.3) is 0 Å². The maximum absolute atomic E-state index is 12.3. The van der Waals surface area contributed by atoms with Gasteiger partial charge in [0.1, 0.15) is 17.5 Å². The Hall–Kier alpha value is -2.86. The monoisotopic (exact) mass is 312 g/mol. The third-order valence-electron chi connectivity index (χ3n) is 3.71. The van der Waals surface area contributed by atoms with Crippen molar-refractivity contribution in [1.29, 1.82) is 0 Å². The molecule has 1 N–H and O–H groups in total. The molecule has 2 aromatic rings. The van der Waals surface area contributed by atoms with Crippen molar-refractivity contribution in [3.8, 4) is 11.5 Å². The fourth-order valence-electron chi connectivity index (χ4n) is 2.43. The fraction of sp³-hybridized carbons (Fsp3) is 0.176. The van der Waals surface area contributed by atoms with Crippen LogP contribution in [0.4, 0.5) is 5.69 Å². The lowest BCUT2D eigenvalue weighted by molar-refractivity contribution is -0.134. The van der Waals surface area contributed by atoms with Gasteiger partial charge in [0.2, 0.25) is 5.78 Å². The van der Waals surface area contributed by atoms with Crippen LogP contribution < -0.4 is 19.9 Å². The van der Waals surface area contributed by atoms with Crippen LogP contribution in [0.25, 0.3) is 0 Å². The number of amides is 1. The van der Waals surface area contributed by atoms with Crippen molar-refractivity contribution >= 4 is 17.4 Å². The Morgan fingerprint density at radius 1 is 0.870 bits per heavy atom. The highest BCUT2D eigenvalue weighted by Crippen LogP contribution is 2.27. The van der Waals surface area contributed by atoms with E-state index in [-0.39, 0.29) is 0 Å². The van der Waals surface area contributed by atoms with Crippen molar-refractivity contribution in [2.24, 2.45) is 0 Å². The van der Waals surface area contributed by atoms with E-state index in [2.05, 4.69) is 5.43 Å². The lowest BCUT2D eigenvalue weighted by Crippen LogP contribution is -2.35. The summed E-state index contributed by atoms with van der Waals surface area (Å²) in [6, 6.07) is 13.2. The number of methoxy groups -OCH3 is 2. The molecule has 3 rings (SSSR count). The number of rotatable bonds is 4. The summed E-state index contributed by atoms with van der Waals surface area (Å²) in [5.74, 6) is 0.290. The van der Waals surface area contributed by atoms with E-state index in [1.165, 1.54) is 5.01 Å². The molecule has 23 heavy (non-hydrogen) atoms. The van der Waals surface area contributed by atoms with Gasteiger partial charge in [0.05, 0.1) is 19.9 Å². The molecule has 0 spiro atoms. The van der Waals surface area contributed by atoms with Gasteiger partial charge in [-0.3, -0.25) is 9.59 Å². The van der Waals surface area contributed by atoms with Crippen LogP contribution in [-0.4, -0.2) is 25.9 Å². The summed E-state index contributed by atoms with van der Waals surface area (Å²) in [4.78, 5) is 24.5. The lowest BCUT2D eigenvalue weighted by Gasteiger charge is -2.17. The number of ketones is 1. The molecular weight excluding hydrogens is 296 g/mol. The van der Waals surface area contributed by atoms with Crippen molar-refractivity contribution in [2.45, 2.75) is 6.04 Å². The van der Waals surface area contributed by atoms with Gasteiger partial charge in [-0.25, -0.2) is 10.4 Å². The maximum atomic E-state index is 12.3. The number of anilines is 1. The van der Waals surface area contributed by atoms with Crippen LogP contribution >= 0.6 is 0 Å². The van der Waals surface area contributed by atoms with Crippen LogP contribution in [0.3, 0.4) is 0 Å². The SMILES string of the molecule is COc1ccc(C2NN(c3ccc(OC)cc3)C(=O)C2=O)cc1. The molecule has 1 amide bonds. The van der Waals surface area contributed by atoms with Crippen molar-refractivity contribution in [3.05, 3.63) is 54.1 Å². The summed E-state index contributed by atoms with van der Waals surface area (Å²) in [5.41, 5.74) is 4.24. The van der Waals surface area contributed by atoms with Gasteiger partial charge in [-0.2, -0.15) is 0 Å². The topological polar surface area (TPSA) is 67.9 Å². The number of benzene rings is 2. The number of hydrazine groups is 1. The molecule has 6 heteroatoms. The molecule has 1 atom stereocenters. The quantitative estimate of drug-likeness (QED) is 0.873. The average molecular weight is 312 g/mol. The lowest BCUT2D eigenvalue weighted by atomic mass is 10.0. The molecule has 2 aromatic carbocycles. The molecule has 118 valence electrons. The molecule has 1 aliphatic heterocycles. The molecule has 0 radical (unpaired) electrons. The van der Waals surface area contributed by atoms with Gasteiger partial charge in [-0.15, -0.1) is 0 Å². The summed E-state index contributed by atoms with van der Waals surface area (Å²) in [6.07, 6.45) is 0. The summed E-state index contributed by atoms with van der Waals surface area (Å²) < 4.78 is 10.2. The van der Waals surface area contributed by atoms with Gasteiger partial charge in [0.15, 0.2) is 0 Å². The molecule has 0 aliphatic carbocycles. The third kappa shape index (κ3) is 2.76. The first-order chi connectivity index (χ1) is 11.1. The zero-order valence-corrected chi connectivity index (χ0v) is 12.8. The Morgan fingerprint density at radius 2 is 1.39 bits per heavy atom. The van der Waals surface area contributed by atoms with Crippen molar-refractivity contribution < 1.29 is 19.1 Å². The number of nitrogens with zero attached hydrogens (tertiary/aromatic N) is 1. The number of carbonyl (C=O) groups is 2. The molecule has 6 nitrogen and oxygen atoms in total. The minimum atomic E-state index is -0.699. The highest BCUT2D eigenvalue weighted by atomic mass is 16.5. The minimum absolute atomic E-state index is 0.494. The summed E-state index contributed by atoms with van der Waals surface area (Å²) in [6.45, 7) is 0. The summed E-state index contributed by atoms with van der Waals surface area (Å²) in [5, 5.41) is 1.26. The van der Waals surface area contributed by atoms with Crippen LogP contribution in [0.2, 0.25) is 0 Å². The number of hydrogen-bond acceptors (Lipinski definition) is 5. The van der Waals surface area contributed by atoms with Gasteiger partial charge in [0, 0.05) is 0 Å². The van der Waals surface area contributed by atoms with Crippen molar-refractivity contribution in [2.75, 3.05) is 19.2 Å². The van der Waals surface area contributed by atoms with Gasteiger partial charge in [-0.1, -0.05) is 12.1 Å². The highest BCUT2D eigenvalue weighted by Gasteiger charge is 2.40. The second-order valence-electron chi connectivity index (χ2n) is 5.04. The molecule has 1 unspecified atom stereocenters. The smallest absolute Gasteiger partial charge is 0.310 e. The molecule has 1 saturated heterocycles. The Labute approximate surface area is 133 Å². The van der Waals surface area contributed by atoms with Gasteiger partial charge in [-0.05, 0) is 42.0 Å². The Balaban J connectivity index is 1.84. The van der Waals surface area contributed by atoms with Crippen LogP contribution in [0.1, 0.15) is 11.6 Å². The largest absolute Gasteiger partial charge is 0.497 e. The van der Waals surface area contributed by atoms with E-state index in [1.807, 2.05) is 0 Å². The molecular formula is C17H16N2O4. The highest BCUT2D eigenvalue weighted by molar-refractivity contribution is 6.45. The van der Waals surface area contributed by atoms with Gasteiger partial charge < -0.3 is 9.47 Å². The van der Waals surface area contributed by atoms with E-state index in [9.17, 15) is 9.59 Å². The van der Waals surface area contributed by atoms with Crippen LogP contribution in [-0.2, 0) is 9.59 Å². The molecule has 1 heterocycles. The van der Waals surface area contributed by atoms with Crippen molar-refractivity contribution in [1.82, 2.24) is 5.43 Å². The summed E-state index contributed by atoms with van der Waals surface area (Å²) in [7, 11) is 3.14. The molecule has 0 aromatic heterocycles. The predicted molar refractivity (Wildman–Crippen MR) is 84.4 cm³/mol.